The Kier molecular flexibility index (Phi) is 6.40. The first-order valence-electron chi connectivity index (χ1n) is 7.73. The number of carbonyl (C=O) groups excluding carboxylic acids is 1. The van der Waals surface area contributed by atoms with Crippen molar-refractivity contribution in [1.82, 2.24) is 4.98 Å². The summed E-state index contributed by atoms with van der Waals surface area (Å²) < 4.78 is 18.8. The van der Waals surface area contributed by atoms with Crippen molar-refractivity contribution in [1.29, 1.82) is 0 Å². The lowest BCUT2D eigenvalue weighted by atomic mass is 10.2. The average Bonchev–Trinajstić information content (AvgIpc) is 2.65. The molecule has 26 heavy (non-hydrogen) atoms. The van der Waals surface area contributed by atoms with Crippen LogP contribution in [0.25, 0.3) is 10.9 Å². The standard InChI is InChI=1S/C19H15ClFNO2S2/c1-25-14-7-6-12-8-13(19(20)22-16(12)9-14)10-24-18(23)11-26-17-5-3-2-4-15(17)21/h2-9H,10-11H2,1H3. The summed E-state index contributed by atoms with van der Waals surface area (Å²) in [6, 6.07) is 14.1. The molecule has 0 N–H and O–H groups in total. The van der Waals surface area contributed by atoms with E-state index in [1.165, 1.54) is 6.07 Å². The van der Waals surface area contributed by atoms with E-state index in [9.17, 15) is 9.18 Å². The van der Waals surface area contributed by atoms with E-state index in [1.807, 2.05) is 30.5 Å². The van der Waals surface area contributed by atoms with Gasteiger partial charge in [-0.2, -0.15) is 0 Å². The third-order valence-electron chi connectivity index (χ3n) is 3.62. The first-order valence-corrected chi connectivity index (χ1v) is 10.3. The summed E-state index contributed by atoms with van der Waals surface area (Å²) in [4.78, 5) is 17.8. The maximum Gasteiger partial charge on any atom is 0.316 e. The number of ether oxygens (including phenoxy) is 1. The van der Waals surface area contributed by atoms with Crippen molar-refractivity contribution in [2.24, 2.45) is 0 Å². The number of hydrogen-bond acceptors (Lipinski definition) is 5. The summed E-state index contributed by atoms with van der Waals surface area (Å²) in [6.07, 6.45) is 2.00. The molecule has 0 aliphatic rings. The Morgan fingerprint density at radius 2 is 2.04 bits per heavy atom. The van der Waals surface area contributed by atoms with Gasteiger partial charge in [-0.25, -0.2) is 9.37 Å². The number of halogens is 2. The number of esters is 1. The van der Waals surface area contributed by atoms with Gasteiger partial charge in [-0.15, -0.1) is 23.5 Å². The van der Waals surface area contributed by atoms with Crippen molar-refractivity contribution < 1.29 is 13.9 Å². The molecule has 134 valence electrons. The second-order valence-corrected chi connectivity index (χ2v) is 7.63. The lowest BCUT2D eigenvalue weighted by Gasteiger charge is -2.08. The van der Waals surface area contributed by atoms with Crippen LogP contribution in [0.15, 0.2) is 58.3 Å². The molecule has 0 radical (unpaired) electrons. The quantitative estimate of drug-likeness (QED) is 0.303. The molecule has 7 heteroatoms. The van der Waals surface area contributed by atoms with E-state index in [1.54, 1.807) is 30.0 Å². The van der Waals surface area contributed by atoms with Crippen LogP contribution in [-0.2, 0) is 16.1 Å². The van der Waals surface area contributed by atoms with Crippen LogP contribution < -0.4 is 0 Å². The van der Waals surface area contributed by atoms with Crippen molar-refractivity contribution in [2.45, 2.75) is 16.4 Å². The van der Waals surface area contributed by atoms with Crippen LogP contribution in [0.3, 0.4) is 0 Å². The monoisotopic (exact) mass is 407 g/mol. The Hall–Kier alpha value is -1.76. The second-order valence-electron chi connectivity index (χ2n) is 5.38. The Morgan fingerprint density at radius 3 is 2.81 bits per heavy atom. The highest BCUT2D eigenvalue weighted by atomic mass is 35.5. The highest BCUT2D eigenvalue weighted by molar-refractivity contribution is 8.00. The SMILES string of the molecule is CSc1ccc2cc(COC(=O)CSc3ccccc3F)c(Cl)nc2c1. The topological polar surface area (TPSA) is 39.2 Å². The number of benzene rings is 2. The van der Waals surface area contributed by atoms with Crippen molar-refractivity contribution in [3.63, 3.8) is 0 Å². The molecule has 1 aromatic heterocycles. The third kappa shape index (κ3) is 4.69. The van der Waals surface area contributed by atoms with Crippen LogP contribution in [0.4, 0.5) is 4.39 Å². The molecule has 0 spiro atoms. The minimum absolute atomic E-state index is 0.0244. The van der Waals surface area contributed by atoms with Gasteiger partial charge in [-0.3, -0.25) is 4.79 Å². The molecule has 0 bridgehead atoms. The summed E-state index contributed by atoms with van der Waals surface area (Å²) in [6.45, 7) is 0.0305. The molecule has 3 rings (SSSR count). The van der Waals surface area contributed by atoms with Crippen molar-refractivity contribution in [3.05, 3.63) is 65.1 Å². The molecule has 2 aromatic carbocycles. The smallest absolute Gasteiger partial charge is 0.316 e. The summed E-state index contributed by atoms with van der Waals surface area (Å²) in [5.74, 6) is -0.764. The molecule has 0 fully saturated rings. The van der Waals surface area contributed by atoms with E-state index in [0.717, 1.165) is 27.6 Å². The zero-order chi connectivity index (χ0) is 18.5. The molecule has 0 saturated carbocycles. The number of pyridine rings is 1. The fourth-order valence-corrected chi connectivity index (χ4v) is 3.66. The molecule has 3 aromatic rings. The predicted octanol–water partition coefficient (Wildman–Crippen LogP) is 5.58. The van der Waals surface area contributed by atoms with E-state index in [4.69, 9.17) is 16.3 Å². The minimum Gasteiger partial charge on any atom is -0.460 e. The van der Waals surface area contributed by atoms with Gasteiger partial charge in [0, 0.05) is 20.7 Å². The molecule has 3 nitrogen and oxygen atoms in total. The van der Waals surface area contributed by atoms with E-state index in [-0.39, 0.29) is 18.2 Å². The van der Waals surface area contributed by atoms with Crippen LogP contribution in [0.5, 0.6) is 0 Å². The summed E-state index contributed by atoms with van der Waals surface area (Å²) >= 11 is 8.94. The number of rotatable bonds is 6. The summed E-state index contributed by atoms with van der Waals surface area (Å²) in [5.41, 5.74) is 1.44. The lowest BCUT2D eigenvalue weighted by molar-refractivity contribution is -0.141. The normalized spacial score (nSPS) is 10.9. The van der Waals surface area contributed by atoms with E-state index >= 15 is 0 Å². The predicted molar refractivity (Wildman–Crippen MR) is 105 cm³/mol. The Bertz CT molecular complexity index is 952. The van der Waals surface area contributed by atoms with Gasteiger partial charge in [0.2, 0.25) is 0 Å². The van der Waals surface area contributed by atoms with Gasteiger partial charge in [0.05, 0.1) is 11.3 Å². The van der Waals surface area contributed by atoms with Gasteiger partial charge in [0.25, 0.3) is 0 Å². The highest BCUT2D eigenvalue weighted by Gasteiger charge is 2.11. The van der Waals surface area contributed by atoms with Gasteiger partial charge in [0.15, 0.2) is 0 Å². The average molecular weight is 408 g/mol. The fraction of sp³-hybridized carbons (Fsp3) is 0.158. The van der Waals surface area contributed by atoms with E-state index in [2.05, 4.69) is 4.98 Å². The Morgan fingerprint density at radius 1 is 1.23 bits per heavy atom. The number of hydrogen-bond donors (Lipinski definition) is 0. The first-order chi connectivity index (χ1) is 12.6. The van der Waals surface area contributed by atoms with E-state index in [0.29, 0.717) is 15.6 Å². The Labute approximate surface area is 164 Å². The van der Waals surface area contributed by atoms with Gasteiger partial charge in [-0.1, -0.05) is 29.8 Å². The number of aromatic nitrogens is 1. The molecule has 0 amide bonds. The highest BCUT2D eigenvalue weighted by Crippen LogP contribution is 2.26. The van der Waals surface area contributed by atoms with Gasteiger partial charge >= 0.3 is 5.97 Å². The van der Waals surface area contributed by atoms with Crippen molar-refractivity contribution >= 4 is 52.0 Å². The third-order valence-corrected chi connectivity index (χ3v) is 5.70. The van der Waals surface area contributed by atoms with Gasteiger partial charge < -0.3 is 4.74 Å². The van der Waals surface area contributed by atoms with Gasteiger partial charge in [0.1, 0.15) is 17.6 Å². The number of nitrogens with zero attached hydrogens (tertiary/aromatic N) is 1. The lowest BCUT2D eigenvalue weighted by Crippen LogP contribution is -2.08. The van der Waals surface area contributed by atoms with Crippen LogP contribution in [0.1, 0.15) is 5.56 Å². The van der Waals surface area contributed by atoms with Crippen LogP contribution in [-0.4, -0.2) is 23.0 Å². The largest absolute Gasteiger partial charge is 0.460 e. The zero-order valence-corrected chi connectivity index (χ0v) is 16.3. The van der Waals surface area contributed by atoms with Crippen LogP contribution >= 0.6 is 35.1 Å². The molecular formula is C19H15ClFNO2S2. The minimum atomic E-state index is -0.438. The molecule has 0 saturated heterocycles. The van der Waals surface area contributed by atoms with Crippen molar-refractivity contribution in [3.8, 4) is 0 Å². The van der Waals surface area contributed by atoms with E-state index < -0.39 is 5.97 Å². The molecule has 0 unspecified atom stereocenters. The number of thioether (sulfide) groups is 2. The Balaban J connectivity index is 1.62. The summed E-state index contributed by atoms with van der Waals surface area (Å²) in [7, 11) is 0. The number of carbonyl (C=O) groups is 1. The fourth-order valence-electron chi connectivity index (χ4n) is 2.29. The van der Waals surface area contributed by atoms with Gasteiger partial charge in [-0.05, 0) is 36.6 Å². The molecule has 0 aliphatic carbocycles. The molecule has 1 heterocycles. The van der Waals surface area contributed by atoms with Crippen LogP contribution in [0, 0.1) is 5.82 Å². The molecular weight excluding hydrogens is 393 g/mol. The van der Waals surface area contributed by atoms with Crippen LogP contribution in [0.2, 0.25) is 5.15 Å². The molecule has 0 aliphatic heterocycles. The van der Waals surface area contributed by atoms with Crippen molar-refractivity contribution in [2.75, 3.05) is 12.0 Å². The summed E-state index contributed by atoms with van der Waals surface area (Å²) in [5, 5.41) is 1.24. The maximum atomic E-state index is 13.5. The second kappa shape index (κ2) is 8.75. The zero-order valence-electron chi connectivity index (χ0n) is 13.9. The maximum absolute atomic E-state index is 13.5. The first kappa shape index (κ1) is 19.0. The number of fused-ring (bicyclic) bond motifs is 1. The molecule has 0 atom stereocenters.